The minimum Gasteiger partial charge on any atom is -0.486 e. The van der Waals surface area contributed by atoms with E-state index in [0.29, 0.717) is 6.61 Å². The van der Waals surface area contributed by atoms with Gasteiger partial charge >= 0.3 is 0 Å². The van der Waals surface area contributed by atoms with Gasteiger partial charge in [-0.3, -0.25) is 0 Å². The SMILES string of the molecule is CCCNC(C1=CCCCC1)C1COc2ccccc2O1. The summed E-state index contributed by atoms with van der Waals surface area (Å²) in [5, 5.41) is 3.67. The van der Waals surface area contributed by atoms with Crippen molar-refractivity contribution in [1.29, 1.82) is 0 Å². The van der Waals surface area contributed by atoms with E-state index in [4.69, 9.17) is 9.47 Å². The molecule has 1 aliphatic heterocycles. The van der Waals surface area contributed by atoms with E-state index < -0.39 is 0 Å². The van der Waals surface area contributed by atoms with Crippen LogP contribution in [0.25, 0.3) is 0 Å². The first-order valence-corrected chi connectivity index (χ1v) is 8.19. The van der Waals surface area contributed by atoms with Gasteiger partial charge in [-0.1, -0.05) is 30.7 Å². The minimum atomic E-state index is 0.0656. The lowest BCUT2D eigenvalue weighted by Gasteiger charge is -2.35. The largest absolute Gasteiger partial charge is 0.486 e. The molecule has 1 aromatic carbocycles. The predicted octanol–water partition coefficient (Wildman–Crippen LogP) is 3.70. The van der Waals surface area contributed by atoms with Crippen molar-refractivity contribution >= 4 is 0 Å². The molecule has 0 bridgehead atoms. The summed E-state index contributed by atoms with van der Waals surface area (Å²) in [7, 11) is 0. The molecule has 0 spiro atoms. The Hall–Kier alpha value is -1.48. The molecule has 0 saturated carbocycles. The smallest absolute Gasteiger partial charge is 0.161 e. The topological polar surface area (TPSA) is 30.5 Å². The molecule has 2 atom stereocenters. The molecule has 1 aliphatic carbocycles. The molecule has 3 nitrogen and oxygen atoms in total. The molecule has 3 heteroatoms. The van der Waals surface area contributed by atoms with Gasteiger partial charge < -0.3 is 14.8 Å². The molecule has 0 amide bonds. The van der Waals surface area contributed by atoms with Crippen molar-refractivity contribution in [2.75, 3.05) is 13.2 Å². The van der Waals surface area contributed by atoms with E-state index in [0.717, 1.165) is 24.5 Å². The molecular weight excluding hydrogens is 262 g/mol. The highest BCUT2D eigenvalue weighted by molar-refractivity contribution is 5.41. The highest BCUT2D eigenvalue weighted by Crippen LogP contribution is 2.33. The lowest BCUT2D eigenvalue weighted by atomic mass is 9.90. The maximum atomic E-state index is 6.22. The first-order valence-electron chi connectivity index (χ1n) is 8.19. The van der Waals surface area contributed by atoms with E-state index in [1.807, 2.05) is 24.3 Å². The Kier molecular flexibility index (Phi) is 4.81. The second kappa shape index (κ2) is 6.99. The Labute approximate surface area is 127 Å². The first kappa shape index (κ1) is 14.5. The molecule has 114 valence electrons. The van der Waals surface area contributed by atoms with Gasteiger partial charge in [0.2, 0.25) is 0 Å². The third-order valence-electron chi connectivity index (χ3n) is 4.24. The van der Waals surface area contributed by atoms with Crippen molar-refractivity contribution in [3.8, 4) is 11.5 Å². The summed E-state index contributed by atoms with van der Waals surface area (Å²) in [5.41, 5.74) is 1.50. The van der Waals surface area contributed by atoms with Crippen LogP contribution in [-0.4, -0.2) is 25.3 Å². The van der Waals surface area contributed by atoms with Crippen molar-refractivity contribution in [1.82, 2.24) is 5.32 Å². The highest BCUT2D eigenvalue weighted by Gasteiger charge is 2.31. The van der Waals surface area contributed by atoms with E-state index in [2.05, 4.69) is 18.3 Å². The number of hydrogen-bond acceptors (Lipinski definition) is 3. The molecule has 2 unspecified atom stereocenters. The first-order chi connectivity index (χ1) is 10.4. The zero-order valence-corrected chi connectivity index (χ0v) is 12.8. The highest BCUT2D eigenvalue weighted by atomic mass is 16.6. The predicted molar refractivity (Wildman–Crippen MR) is 85.0 cm³/mol. The van der Waals surface area contributed by atoms with Crippen LogP contribution < -0.4 is 14.8 Å². The molecular formula is C18H25NO2. The third kappa shape index (κ3) is 3.41. The van der Waals surface area contributed by atoms with Gasteiger partial charge in [-0.25, -0.2) is 0 Å². The average Bonchev–Trinajstić information content (AvgIpc) is 2.56. The molecule has 0 fully saturated rings. The van der Waals surface area contributed by atoms with Gasteiger partial charge in [0.25, 0.3) is 0 Å². The van der Waals surface area contributed by atoms with E-state index in [-0.39, 0.29) is 12.1 Å². The summed E-state index contributed by atoms with van der Waals surface area (Å²) in [6.07, 6.45) is 8.59. The Balaban J connectivity index is 1.76. The monoisotopic (exact) mass is 287 g/mol. The summed E-state index contributed by atoms with van der Waals surface area (Å²) in [6, 6.07) is 8.23. The molecule has 3 rings (SSSR count). The molecule has 1 aromatic rings. The lowest BCUT2D eigenvalue weighted by Crippen LogP contribution is -2.49. The van der Waals surface area contributed by atoms with Crippen LogP contribution in [0.4, 0.5) is 0 Å². The number of fused-ring (bicyclic) bond motifs is 1. The van der Waals surface area contributed by atoms with Gasteiger partial charge in [0, 0.05) is 0 Å². The Morgan fingerprint density at radius 2 is 2.10 bits per heavy atom. The van der Waals surface area contributed by atoms with E-state index in [1.54, 1.807) is 0 Å². The summed E-state index contributed by atoms with van der Waals surface area (Å²) >= 11 is 0. The molecule has 21 heavy (non-hydrogen) atoms. The number of para-hydroxylation sites is 2. The maximum Gasteiger partial charge on any atom is 0.161 e. The fraction of sp³-hybridized carbons (Fsp3) is 0.556. The van der Waals surface area contributed by atoms with E-state index in [9.17, 15) is 0 Å². The molecule has 0 radical (unpaired) electrons. The van der Waals surface area contributed by atoms with Crippen LogP contribution in [-0.2, 0) is 0 Å². The molecule has 2 aliphatic rings. The quantitative estimate of drug-likeness (QED) is 0.838. The third-order valence-corrected chi connectivity index (χ3v) is 4.24. The average molecular weight is 287 g/mol. The number of nitrogens with one attached hydrogen (secondary N) is 1. The Bertz CT molecular complexity index is 498. The van der Waals surface area contributed by atoms with Crippen LogP contribution in [0.15, 0.2) is 35.9 Å². The number of benzene rings is 1. The maximum absolute atomic E-state index is 6.22. The zero-order valence-electron chi connectivity index (χ0n) is 12.8. The fourth-order valence-electron chi connectivity index (χ4n) is 3.15. The molecule has 0 aromatic heterocycles. The molecule has 1 heterocycles. The van der Waals surface area contributed by atoms with Gasteiger partial charge in [-0.2, -0.15) is 0 Å². The Morgan fingerprint density at radius 1 is 1.24 bits per heavy atom. The number of hydrogen-bond donors (Lipinski definition) is 1. The van der Waals surface area contributed by atoms with Crippen LogP contribution >= 0.6 is 0 Å². The van der Waals surface area contributed by atoms with Crippen molar-refractivity contribution < 1.29 is 9.47 Å². The summed E-state index contributed by atoms with van der Waals surface area (Å²) < 4.78 is 12.1. The summed E-state index contributed by atoms with van der Waals surface area (Å²) in [6.45, 7) is 3.84. The van der Waals surface area contributed by atoms with Gasteiger partial charge in [0.05, 0.1) is 6.04 Å². The van der Waals surface area contributed by atoms with Gasteiger partial charge in [0.1, 0.15) is 6.61 Å². The molecule has 1 N–H and O–H groups in total. The number of allylic oxidation sites excluding steroid dienone is 1. The van der Waals surface area contributed by atoms with Crippen molar-refractivity contribution in [2.45, 2.75) is 51.2 Å². The second-order valence-electron chi connectivity index (χ2n) is 5.87. The normalized spacial score (nSPS) is 22.5. The standard InChI is InChI=1S/C18H25NO2/c1-2-12-19-18(14-8-4-3-5-9-14)17-13-20-15-10-6-7-11-16(15)21-17/h6-8,10-11,17-19H,2-5,9,12-13H2,1H3. The second-order valence-corrected chi connectivity index (χ2v) is 5.87. The van der Waals surface area contributed by atoms with Crippen molar-refractivity contribution in [3.05, 3.63) is 35.9 Å². The van der Waals surface area contributed by atoms with Gasteiger partial charge in [-0.05, 0) is 50.8 Å². The summed E-state index contributed by atoms with van der Waals surface area (Å²) in [4.78, 5) is 0. The van der Waals surface area contributed by atoms with Gasteiger partial charge in [-0.15, -0.1) is 0 Å². The van der Waals surface area contributed by atoms with Crippen molar-refractivity contribution in [3.63, 3.8) is 0 Å². The lowest BCUT2D eigenvalue weighted by molar-refractivity contribution is 0.0698. The minimum absolute atomic E-state index is 0.0656. The van der Waals surface area contributed by atoms with Crippen LogP contribution in [0.2, 0.25) is 0 Å². The van der Waals surface area contributed by atoms with Crippen LogP contribution in [0.1, 0.15) is 39.0 Å². The van der Waals surface area contributed by atoms with E-state index in [1.165, 1.54) is 31.3 Å². The number of rotatable bonds is 5. The van der Waals surface area contributed by atoms with Crippen LogP contribution in [0.5, 0.6) is 11.5 Å². The summed E-state index contributed by atoms with van der Waals surface area (Å²) in [5.74, 6) is 1.73. The molecule has 0 saturated heterocycles. The van der Waals surface area contributed by atoms with E-state index >= 15 is 0 Å². The number of ether oxygens (including phenoxy) is 2. The van der Waals surface area contributed by atoms with Crippen molar-refractivity contribution in [2.24, 2.45) is 0 Å². The van der Waals surface area contributed by atoms with Crippen LogP contribution in [0.3, 0.4) is 0 Å². The fourth-order valence-corrected chi connectivity index (χ4v) is 3.15. The van der Waals surface area contributed by atoms with Crippen LogP contribution in [0, 0.1) is 0 Å². The Morgan fingerprint density at radius 3 is 2.86 bits per heavy atom. The zero-order chi connectivity index (χ0) is 14.5. The van der Waals surface area contributed by atoms with Gasteiger partial charge in [0.15, 0.2) is 17.6 Å².